The van der Waals surface area contributed by atoms with E-state index in [1.54, 1.807) is 6.08 Å². The molecule has 1 heterocycles. The van der Waals surface area contributed by atoms with Crippen molar-refractivity contribution in [2.45, 2.75) is 25.8 Å². The molecule has 0 radical (unpaired) electrons. The number of likely N-dealkylation sites (tertiary alicyclic amines) is 1. The van der Waals surface area contributed by atoms with Crippen molar-refractivity contribution in [3.8, 4) is 11.1 Å². The minimum atomic E-state index is -0.0595. The third-order valence-electron chi connectivity index (χ3n) is 6.27. The van der Waals surface area contributed by atoms with Crippen LogP contribution in [0.1, 0.15) is 36.9 Å². The molecule has 1 aliphatic rings. The number of hydrogen-bond acceptors (Lipinski definition) is 2. The van der Waals surface area contributed by atoms with E-state index in [-0.39, 0.29) is 23.8 Å². The van der Waals surface area contributed by atoms with E-state index in [1.165, 1.54) is 5.56 Å². The zero-order chi connectivity index (χ0) is 23.0. The molecule has 0 saturated carbocycles. The van der Waals surface area contributed by atoms with Crippen molar-refractivity contribution in [2.75, 3.05) is 13.1 Å². The zero-order valence-electron chi connectivity index (χ0n) is 19.0. The molecule has 0 bridgehead atoms. The van der Waals surface area contributed by atoms with Gasteiger partial charge in [0.05, 0.1) is 6.04 Å². The molecule has 1 saturated heterocycles. The summed E-state index contributed by atoms with van der Waals surface area (Å²) in [5.41, 5.74) is 4.43. The fraction of sp³-hybridized carbons (Fsp3) is 0.241. The van der Waals surface area contributed by atoms with Crippen molar-refractivity contribution in [2.24, 2.45) is 5.92 Å². The average Bonchev–Trinajstić information content (AvgIpc) is 2.88. The summed E-state index contributed by atoms with van der Waals surface area (Å²) in [7, 11) is 0. The van der Waals surface area contributed by atoms with Crippen LogP contribution in [0.25, 0.3) is 17.2 Å². The summed E-state index contributed by atoms with van der Waals surface area (Å²) >= 11 is 0. The Morgan fingerprint density at radius 1 is 0.848 bits per heavy atom. The first-order valence-corrected chi connectivity index (χ1v) is 11.6. The second kappa shape index (κ2) is 10.8. The van der Waals surface area contributed by atoms with Crippen LogP contribution in [0, 0.1) is 5.92 Å². The summed E-state index contributed by atoms with van der Waals surface area (Å²) in [5, 5.41) is 3.16. The zero-order valence-corrected chi connectivity index (χ0v) is 19.0. The predicted octanol–water partition coefficient (Wildman–Crippen LogP) is 5.48. The van der Waals surface area contributed by atoms with Gasteiger partial charge in [-0.3, -0.25) is 9.59 Å². The first kappa shape index (κ1) is 22.5. The Bertz CT molecular complexity index is 1080. The van der Waals surface area contributed by atoms with Crippen LogP contribution in [0.4, 0.5) is 0 Å². The molecule has 3 aromatic rings. The first-order valence-electron chi connectivity index (χ1n) is 11.6. The van der Waals surface area contributed by atoms with Gasteiger partial charge in [0.15, 0.2) is 0 Å². The van der Waals surface area contributed by atoms with Crippen LogP contribution < -0.4 is 5.32 Å². The fourth-order valence-electron chi connectivity index (χ4n) is 4.21. The molecule has 1 unspecified atom stereocenters. The Kier molecular flexibility index (Phi) is 7.36. The highest BCUT2D eigenvalue weighted by atomic mass is 16.2. The number of hydrogen-bond donors (Lipinski definition) is 1. The maximum Gasteiger partial charge on any atom is 0.246 e. The van der Waals surface area contributed by atoms with Gasteiger partial charge in [-0.15, -0.1) is 0 Å². The van der Waals surface area contributed by atoms with Crippen molar-refractivity contribution < 1.29 is 9.59 Å². The van der Waals surface area contributed by atoms with Crippen LogP contribution in [0.5, 0.6) is 0 Å². The van der Waals surface area contributed by atoms with E-state index in [1.807, 2.05) is 66.4 Å². The van der Waals surface area contributed by atoms with Gasteiger partial charge in [0.1, 0.15) is 0 Å². The molecule has 168 valence electrons. The fourth-order valence-corrected chi connectivity index (χ4v) is 4.21. The van der Waals surface area contributed by atoms with E-state index in [2.05, 4.69) is 41.7 Å². The van der Waals surface area contributed by atoms with Gasteiger partial charge in [-0.2, -0.15) is 0 Å². The molecule has 0 spiro atoms. The third-order valence-corrected chi connectivity index (χ3v) is 6.27. The Hall–Kier alpha value is -3.66. The summed E-state index contributed by atoms with van der Waals surface area (Å²) in [4.78, 5) is 27.1. The van der Waals surface area contributed by atoms with Crippen molar-refractivity contribution in [1.29, 1.82) is 0 Å². The highest BCUT2D eigenvalue weighted by molar-refractivity contribution is 5.92. The molecule has 2 amide bonds. The number of nitrogens with zero attached hydrogens (tertiary/aromatic N) is 1. The van der Waals surface area contributed by atoms with Gasteiger partial charge in [-0.05, 0) is 48.1 Å². The third kappa shape index (κ3) is 5.98. The molecule has 4 rings (SSSR count). The molecular weight excluding hydrogens is 408 g/mol. The highest BCUT2D eigenvalue weighted by Crippen LogP contribution is 2.23. The van der Waals surface area contributed by atoms with E-state index in [9.17, 15) is 9.59 Å². The van der Waals surface area contributed by atoms with E-state index < -0.39 is 0 Å². The van der Waals surface area contributed by atoms with E-state index >= 15 is 0 Å². The topological polar surface area (TPSA) is 49.4 Å². The van der Waals surface area contributed by atoms with Gasteiger partial charge in [0, 0.05) is 25.1 Å². The van der Waals surface area contributed by atoms with E-state index in [4.69, 9.17) is 0 Å². The normalized spacial score (nSPS) is 15.4. The number of carbonyl (C=O) groups is 2. The second-order valence-corrected chi connectivity index (χ2v) is 8.56. The van der Waals surface area contributed by atoms with Gasteiger partial charge >= 0.3 is 0 Å². The largest absolute Gasteiger partial charge is 0.349 e. The lowest BCUT2D eigenvalue weighted by Crippen LogP contribution is -2.43. The van der Waals surface area contributed by atoms with Gasteiger partial charge in [-0.1, -0.05) is 84.9 Å². The number of rotatable bonds is 6. The average molecular weight is 439 g/mol. The molecule has 3 aromatic carbocycles. The van der Waals surface area contributed by atoms with E-state index in [0.29, 0.717) is 25.9 Å². The van der Waals surface area contributed by atoms with Crippen molar-refractivity contribution in [3.05, 3.63) is 102 Å². The van der Waals surface area contributed by atoms with Gasteiger partial charge in [0.25, 0.3) is 0 Å². The molecular formula is C29H30N2O2. The highest BCUT2D eigenvalue weighted by Gasteiger charge is 2.27. The standard InChI is InChI=1S/C29H30N2O2/c1-22(24-13-15-26(16-14-24)25-10-6-3-7-11-25)30-29(33)27-18-20-31(21-19-27)28(32)17-12-23-8-4-2-5-9-23/h2-17,22,27H,18-21H2,1H3,(H,30,33)/b17-12+. The van der Waals surface area contributed by atoms with Crippen LogP contribution in [-0.2, 0) is 9.59 Å². The van der Waals surface area contributed by atoms with Gasteiger partial charge in [0.2, 0.25) is 11.8 Å². The Balaban J connectivity index is 1.26. The Morgan fingerprint density at radius 2 is 1.42 bits per heavy atom. The summed E-state index contributed by atoms with van der Waals surface area (Å²) in [6.07, 6.45) is 4.84. The Labute approximate surface area is 195 Å². The molecule has 0 aromatic heterocycles. The van der Waals surface area contributed by atoms with Crippen molar-refractivity contribution >= 4 is 17.9 Å². The number of piperidine rings is 1. The quantitative estimate of drug-likeness (QED) is 0.518. The molecule has 33 heavy (non-hydrogen) atoms. The molecule has 4 nitrogen and oxygen atoms in total. The maximum absolute atomic E-state index is 12.8. The Morgan fingerprint density at radius 3 is 2.06 bits per heavy atom. The minimum Gasteiger partial charge on any atom is -0.349 e. The van der Waals surface area contributed by atoms with Gasteiger partial charge in [-0.25, -0.2) is 0 Å². The van der Waals surface area contributed by atoms with Crippen LogP contribution in [0.2, 0.25) is 0 Å². The molecule has 1 fully saturated rings. The van der Waals surface area contributed by atoms with Crippen LogP contribution in [0.3, 0.4) is 0 Å². The first-order chi connectivity index (χ1) is 16.1. The summed E-state index contributed by atoms with van der Waals surface area (Å²) in [6.45, 7) is 3.23. The number of amides is 2. The molecule has 4 heteroatoms. The molecule has 1 N–H and O–H groups in total. The number of benzene rings is 3. The predicted molar refractivity (Wildman–Crippen MR) is 133 cm³/mol. The van der Waals surface area contributed by atoms with Crippen molar-refractivity contribution in [1.82, 2.24) is 10.2 Å². The summed E-state index contributed by atoms with van der Waals surface area (Å²) in [6, 6.07) is 28.3. The summed E-state index contributed by atoms with van der Waals surface area (Å²) in [5.74, 6) is 0.0179. The van der Waals surface area contributed by atoms with Crippen LogP contribution in [0.15, 0.2) is 91.0 Å². The number of carbonyl (C=O) groups excluding carboxylic acids is 2. The number of nitrogens with one attached hydrogen (secondary N) is 1. The SMILES string of the molecule is CC(NC(=O)C1CCN(C(=O)/C=C/c2ccccc2)CC1)c1ccc(-c2ccccc2)cc1. The summed E-state index contributed by atoms with van der Waals surface area (Å²) < 4.78 is 0. The lowest BCUT2D eigenvalue weighted by atomic mass is 9.95. The lowest BCUT2D eigenvalue weighted by Gasteiger charge is -2.31. The van der Waals surface area contributed by atoms with Crippen molar-refractivity contribution in [3.63, 3.8) is 0 Å². The lowest BCUT2D eigenvalue weighted by molar-refractivity contribution is -0.132. The monoisotopic (exact) mass is 438 g/mol. The molecule has 1 atom stereocenters. The molecule has 1 aliphatic heterocycles. The minimum absolute atomic E-state index is 0.00425. The second-order valence-electron chi connectivity index (χ2n) is 8.56. The van der Waals surface area contributed by atoms with Crippen LogP contribution >= 0.6 is 0 Å². The smallest absolute Gasteiger partial charge is 0.246 e. The van der Waals surface area contributed by atoms with Crippen LogP contribution in [-0.4, -0.2) is 29.8 Å². The maximum atomic E-state index is 12.8. The van der Waals surface area contributed by atoms with E-state index in [0.717, 1.165) is 16.7 Å². The molecule has 0 aliphatic carbocycles. The van der Waals surface area contributed by atoms with Gasteiger partial charge < -0.3 is 10.2 Å².